The lowest BCUT2D eigenvalue weighted by Gasteiger charge is -2.61. The zero-order chi connectivity index (χ0) is 13.1. The number of nitrogens with zero attached hydrogens (tertiary/aromatic N) is 1. The lowest BCUT2D eigenvalue weighted by Crippen LogP contribution is -2.63. The highest BCUT2D eigenvalue weighted by molar-refractivity contribution is 6.24. The Morgan fingerprint density at radius 1 is 1.05 bits per heavy atom. The molecule has 19 heavy (non-hydrogen) atoms. The van der Waals surface area contributed by atoms with Crippen molar-refractivity contribution in [3.05, 3.63) is 30.3 Å². The molecule has 4 aliphatic carbocycles. The Morgan fingerprint density at radius 3 is 2.26 bits per heavy atom. The van der Waals surface area contributed by atoms with E-state index in [2.05, 4.69) is 0 Å². The molecule has 4 aliphatic rings. The molecule has 1 N–H and O–H groups in total. The number of hydrogen-bond acceptors (Lipinski definition) is 2. The number of halogens is 1. The molecule has 0 aliphatic heterocycles. The van der Waals surface area contributed by atoms with Gasteiger partial charge in [0.1, 0.15) is 0 Å². The Hall–Kier alpha value is -0.730. The van der Waals surface area contributed by atoms with Crippen molar-refractivity contribution in [3.63, 3.8) is 0 Å². The molecule has 0 saturated heterocycles. The van der Waals surface area contributed by atoms with E-state index in [9.17, 15) is 5.21 Å². The topological polar surface area (TPSA) is 23.5 Å². The maximum absolute atomic E-state index is 10.8. The van der Waals surface area contributed by atoms with Crippen molar-refractivity contribution >= 4 is 17.3 Å². The van der Waals surface area contributed by atoms with Crippen LogP contribution in [0, 0.1) is 11.8 Å². The standard InChI is InChI=1S/C16H20ClNO/c17-15-7-12-6-13(8-15)10-16(9-12,11-15)18(19)14-4-2-1-3-5-14/h1-5,12-13,19H,6-11H2. The zero-order valence-corrected chi connectivity index (χ0v) is 11.8. The predicted octanol–water partition coefficient (Wildman–Crippen LogP) is 4.21. The lowest BCUT2D eigenvalue weighted by molar-refractivity contribution is -0.0313. The first kappa shape index (κ1) is 12.0. The molecule has 1 aromatic rings. The summed E-state index contributed by atoms with van der Waals surface area (Å²) >= 11 is 6.81. The van der Waals surface area contributed by atoms with Gasteiger partial charge in [-0.1, -0.05) is 18.2 Å². The lowest BCUT2D eigenvalue weighted by atomic mass is 9.52. The first-order valence-electron chi connectivity index (χ1n) is 7.32. The number of rotatable bonds is 2. The number of hydroxylamine groups is 1. The molecular formula is C16H20ClNO. The average molecular weight is 278 g/mol. The first-order chi connectivity index (χ1) is 9.09. The third-order valence-corrected chi connectivity index (χ3v) is 5.85. The second-order valence-corrected chi connectivity index (χ2v) is 7.79. The minimum Gasteiger partial charge on any atom is -0.288 e. The second kappa shape index (κ2) is 3.89. The maximum atomic E-state index is 10.8. The van der Waals surface area contributed by atoms with Crippen LogP contribution in [0.15, 0.2) is 30.3 Å². The molecule has 2 atom stereocenters. The second-order valence-electron chi connectivity index (χ2n) is 6.98. The largest absolute Gasteiger partial charge is 0.288 e. The van der Waals surface area contributed by atoms with E-state index in [1.807, 2.05) is 30.3 Å². The van der Waals surface area contributed by atoms with Crippen LogP contribution in [-0.2, 0) is 0 Å². The van der Waals surface area contributed by atoms with Gasteiger partial charge in [0, 0.05) is 4.87 Å². The van der Waals surface area contributed by atoms with Crippen LogP contribution in [0.2, 0.25) is 0 Å². The van der Waals surface area contributed by atoms with Crippen LogP contribution < -0.4 is 5.06 Å². The van der Waals surface area contributed by atoms with Gasteiger partial charge in [0.15, 0.2) is 0 Å². The molecule has 2 unspecified atom stereocenters. The molecule has 4 bridgehead atoms. The number of hydrogen-bond donors (Lipinski definition) is 1. The summed E-state index contributed by atoms with van der Waals surface area (Å²) < 4.78 is 0. The Kier molecular flexibility index (Phi) is 2.47. The van der Waals surface area contributed by atoms with Gasteiger partial charge in [-0.05, 0) is 62.5 Å². The Labute approximate surface area is 119 Å². The van der Waals surface area contributed by atoms with Crippen LogP contribution >= 0.6 is 11.6 Å². The van der Waals surface area contributed by atoms with E-state index in [1.165, 1.54) is 6.42 Å². The van der Waals surface area contributed by atoms with Crippen molar-refractivity contribution in [1.29, 1.82) is 0 Å². The summed E-state index contributed by atoms with van der Waals surface area (Å²) in [6.07, 6.45) is 6.75. The third kappa shape index (κ3) is 1.80. The molecule has 0 spiro atoms. The van der Waals surface area contributed by atoms with E-state index < -0.39 is 0 Å². The van der Waals surface area contributed by atoms with E-state index in [1.54, 1.807) is 5.06 Å². The van der Waals surface area contributed by atoms with Crippen LogP contribution in [-0.4, -0.2) is 15.6 Å². The maximum Gasteiger partial charge on any atom is 0.0693 e. The van der Waals surface area contributed by atoms with Crippen LogP contribution in [0.25, 0.3) is 0 Å². The van der Waals surface area contributed by atoms with Crippen molar-refractivity contribution in [1.82, 2.24) is 0 Å². The molecule has 4 fully saturated rings. The predicted molar refractivity (Wildman–Crippen MR) is 76.7 cm³/mol. The van der Waals surface area contributed by atoms with Gasteiger partial charge in [0.25, 0.3) is 0 Å². The van der Waals surface area contributed by atoms with Crippen LogP contribution in [0.1, 0.15) is 38.5 Å². The number of benzene rings is 1. The highest BCUT2D eigenvalue weighted by Gasteiger charge is 2.59. The molecule has 5 rings (SSSR count). The summed E-state index contributed by atoms with van der Waals surface area (Å²) in [6, 6.07) is 9.92. The first-order valence-corrected chi connectivity index (χ1v) is 7.70. The molecule has 4 saturated carbocycles. The molecule has 102 valence electrons. The van der Waals surface area contributed by atoms with Crippen LogP contribution in [0.5, 0.6) is 0 Å². The van der Waals surface area contributed by atoms with Gasteiger partial charge in [-0.3, -0.25) is 10.3 Å². The molecule has 0 amide bonds. The summed E-state index contributed by atoms with van der Waals surface area (Å²) in [7, 11) is 0. The minimum atomic E-state index is -0.118. The van der Waals surface area contributed by atoms with Crippen molar-refractivity contribution < 1.29 is 5.21 Å². The van der Waals surface area contributed by atoms with Crippen molar-refractivity contribution in [2.24, 2.45) is 11.8 Å². The van der Waals surface area contributed by atoms with Crippen LogP contribution in [0.4, 0.5) is 5.69 Å². The van der Waals surface area contributed by atoms with Crippen LogP contribution in [0.3, 0.4) is 0 Å². The molecule has 2 nitrogen and oxygen atoms in total. The molecule has 0 aromatic heterocycles. The normalized spacial score (nSPS) is 43.5. The Bertz CT molecular complexity index is 475. The fourth-order valence-electron chi connectivity index (χ4n) is 5.19. The van der Waals surface area contributed by atoms with E-state index >= 15 is 0 Å². The van der Waals surface area contributed by atoms with Gasteiger partial charge in [0.2, 0.25) is 0 Å². The van der Waals surface area contributed by atoms with Gasteiger partial charge < -0.3 is 0 Å². The fraction of sp³-hybridized carbons (Fsp3) is 0.625. The average Bonchev–Trinajstić information content (AvgIpc) is 2.36. The van der Waals surface area contributed by atoms with Gasteiger partial charge in [-0.25, -0.2) is 0 Å². The van der Waals surface area contributed by atoms with Gasteiger partial charge in [0.05, 0.1) is 11.2 Å². The molecule has 0 heterocycles. The fourth-order valence-corrected chi connectivity index (χ4v) is 5.88. The molecular weight excluding hydrogens is 258 g/mol. The number of para-hydroxylation sites is 1. The highest BCUT2D eigenvalue weighted by atomic mass is 35.5. The molecule has 3 heteroatoms. The van der Waals surface area contributed by atoms with Gasteiger partial charge >= 0.3 is 0 Å². The van der Waals surface area contributed by atoms with E-state index in [4.69, 9.17) is 11.6 Å². The molecule has 1 aromatic carbocycles. The summed E-state index contributed by atoms with van der Waals surface area (Å²) in [6.45, 7) is 0. The van der Waals surface area contributed by atoms with Crippen molar-refractivity contribution in [2.75, 3.05) is 5.06 Å². The van der Waals surface area contributed by atoms with Crippen molar-refractivity contribution in [2.45, 2.75) is 48.9 Å². The summed E-state index contributed by atoms with van der Waals surface area (Å²) in [5, 5.41) is 12.3. The summed E-state index contributed by atoms with van der Waals surface area (Å²) in [5.74, 6) is 1.41. The number of alkyl halides is 1. The smallest absolute Gasteiger partial charge is 0.0693 e. The van der Waals surface area contributed by atoms with Crippen molar-refractivity contribution in [3.8, 4) is 0 Å². The summed E-state index contributed by atoms with van der Waals surface area (Å²) in [5.41, 5.74) is 0.789. The van der Waals surface area contributed by atoms with E-state index in [0.29, 0.717) is 11.8 Å². The SMILES string of the molecule is ON(c1ccccc1)C12CC3CC(CC(Cl)(C3)C1)C2. The Balaban J connectivity index is 1.70. The molecule has 0 radical (unpaired) electrons. The Morgan fingerprint density at radius 2 is 1.68 bits per heavy atom. The van der Waals surface area contributed by atoms with E-state index in [0.717, 1.165) is 37.8 Å². The summed E-state index contributed by atoms with van der Waals surface area (Å²) in [4.78, 5) is -0.0557. The monoisotopic (exact) mass is 277 g/mol. The zero-order valence-electron chi connectivity index (χ0n) is 11.1. The van der Waals surface area contributed by atoms with Gasteiger partial charge in [-0.2, -0.15) is 0 Å². The van der Waals surface area contributed by atoms with E-state index in [-0.39, 0.29) is 10.4 Å². The minimum absolute atomic E-state index is 0.0557. The quantitative estimate of drug-likeness (QED) is 0.646. The number of anilines is 1. The third-order valence-electron chi connectivity index (χ3n) is 5.41. The highest BCUT2D eigenvalue weighted by Crippen LogP contribution is 2.61. The van der Waals surface area contributed by atoms with Gasteiger partial charge in [-0.15, -0.1) is 11.6 Å².